The highest BCUT2D eigenvalue weighted by Crippen LogP contribution is 2.21. The van der Waals surface area contributed by atoms with Crippen LogP contribution in [-0.4, -0.2) is 17.0 Å². The SMILES string of the molecule is CNc1ncc(F)c(-c2cccc(C#N)c2)n1. The van der Waals surface area contributed by atoms with Crippen LogP contribution >= 0.6 is 0 Å². The van der Waals surface area contributed by atoms with Crippen molar-refractivity contribution in [3.8, 4) is 17.3 Å². The summed E-state index contributed by atoms with van der Waals surface area (Å²) in [6.45, 7) is 0. The van der Waals surface area contributed by atoms with Crippen molar-refractivity contribution in [3.63, 3.8) is 0 Å². The topological polar surface area (TPSA) is 61.6 Å². The van der Waals surface area contributed by atoms with Gasteiger partial charge in [-0.05, 0) is 12.1 Å². The van der Waals surface area contributed by atoms with Crippen molar-refractivity contribution in [3.05, 3.63) is 41.8 Å². The lowest BCUT2D eigenvalue weighted by Gasteiger charge is -2.04. The van der Waals surface area contributed by atoms with E-state index >= 15 is 0 Å². The number of nitriles is 1. The third-order valence-corrected chi connectivity index (χ3v) is 2.23. The highest BCUT2D eigenvalue weighted by atomic mass is 19.1. The predicted molar refractivity (Wildman–Crippen MR) is 61.7 cm³/mol. The third kappa shape index (κ3) is 2.21. The summed E-state index contributed by atoms with van der Waals surface area (Å²) < 4.78 is 13.6. The van der Waals surface area contributed by atoms with Gasteiger partial charge in [0.1, 0.15) is 5.69 Å². The molecule has 2 rings (SSSR count). The van der Waals surface area contributed by atoms with E-state index in [0.29, 0.717) is 17.1 Å². The summed E-state index contributed by atoms with van der Waals surface area (Å²) in [5.74, 6) is -0.178. The molecule has 0 aliphatic rings. The highest BCUT2D eigenvalue weighted by Gasteiger charge is 2.09. The van der Waals surface area contributed by atoms with Gasteiger partial charge in [0.15, 0.2) is 5.82 Å². The smallest absolute Gasteiger partial charge is 0.223 e. The van der Waals surface area contributed by atoms with Crippen molar-refractivity contribution in [2.45, 2.75) is 0 Å². The van der Waals surface area contributed by atoms with Crippen LogP contribution in [0.25, 0.3) is 11.3 Å². The van der Waals surface area contributed by atoms with E-state index in [1.54, 1.807) is 31.3 Å². The molecule has 17 heavy (non-hydrogen) atoms. The fourth-order valence-corrected chi connectivity index (χ4v) is 1.43. The quantitative estimate of drug-likeness (QED) is 0.855. The number of benzene rings is 1. The number of hydrogen-bond donors (Lipinski definition) is 1. The Hall–Kier alpha value is -2.48. The van der Waals surface area contributed by atoms with Crippen LogP contribution in [0, 0.1) is 17.1 Å². The third-order valence-electron chi connectivity index (χ3n) is 2.23. The Morgan fingerprint density at radius 2 is 2.24 bits per heavy atom. The van der Waals surface area contributed by atoms with Gasteiger partial charge >= 0.3 is 0 Å². The van der Waals surface area contributed by atoms with Gasteiger partial charge in [-0.2, -0.15) is 5.26 Å². The molecule has 0 fully saturated rings. The zero-order valence-electron chi connectivity index (χ0n) is 9.11. The number of nitrogens with zero attached hydrogens (tertiary/aromatic N) is 3. The van der Waals surface area contributed by atoms with E-state index < -0.39 is 5.82 Å². The second kappa shape index (κ2) is 4.58. The summed E-state index contributed by atoms with van der Waals surface area (Å²) in [5, 5.41) is 11.5. The Morgan fingerprint density at radius 1 is 1.41 bits per heavy atom. The lowest BCUT2D eigenvalue weighted by atomic mass is 10.1. The first kappa shape index (κ1) is 11.0. The van der Waals surface area contributed by atoms with Gasteiger partial charge < -0.3 is 5.32 Å². The number of anilines is 1. The van der Waals surface area contributed by atoms with Crippen molar-refractivity contribution in [1.82, 2.24) is 9.97 Å². The zero-order valence-corrected chi connectivity index (χ0v) is 9.11. The van der Waals surface area contributed by atoms with E-state index in [1.807, 2.05) is 6.07 Å². The Balaban J connectivity index is 2.55. The molecule has 0 unspecified atom stereocenters. The van der Waals surface area contributed by atoms with E-state index in [2.05, 4.69) is 15.3 Å². The van der Waals surface area contributed by atoms with Crippen LogP contribution in [0.4, 0.5) is 10.3 Å². The van der Waals surface area contributed by atoms with E-state index in [-0.39, 0.29) is 5.69 Å². The van der Waals surface area contributed by atoms with Crippen LogP contribution in [0.5, 0.6) is 0 Å². The molecule has 0 aliphatic heterocycles. The molecule has 4 nitrogen and oxygen atoms in total. The number of halogens is 1. The molecule has 1 aromatic carbocycles. The van der Waals surface area contributed by atoms with Gasteiger partial charge in [0, 0.05) is 12.6 Å². The summed E-state index contributed by atoms with van der Waals surface area (Å²) in [5.41, 5.74) is 1.20. The van der Waals surface area contributed by atoms with Crippen LogP contribution in [0.15, 0.2) is 30.5 Å². The molecule has 0 atom stereocenters. The second-order valence-electron chi connectivity index (χ2n) is 3.33. The van der Waals surface area contributed by atoms with E-state index in [9.17, 15) is 4.39 Å². The normalized spacial score (nSPS) is 9.71. The maximum Gasteiger partial charge on any atom is 0.223 e. The van der Waals surface area contributed by atoms with Crippen molar-refractivity contribution in [2.75, 3.05) is 12.4 Å². The average molecular weight is 228 g/mol. The van der Waals surface area contributed by atoms with Crippen molar-refractivity contribution in [1.29, 1.82) is 5.26 Å². The highest BCUT2D eigenvalue weighted by molar-refractivity contribution is 5.62. The molecular weight excluding hydrogens is 219 g/mol. The molecule has 84 valence electrons. The first-order valence-electron chi connectivity index (χ1n) is 4.95. The Morgan fingerprint density at radius 3 is 2.94 bits per heavy atom. The second-order valence-corrected chi connectivity index (χ2v) is 3.33. The Labute approximate surface area is 97.8 Å². The van der Waals surface area contributed by atoms with Gasteiger partial charge in [-0.1, -0.05) is 12.1 Å². The summed E-state index contributed by atoms with van der Waals surface area (Å²) in [6.07, 6.45) is 1.10. The maximum atomic E-state index is 13.6. The van der Waals surface area contributed by atoms with Gasteiger partial charge in [-0.3, -0.25) is 0 Å². The van der Waals surface area contributed by atoms with Crippen molar-refractivity contribution < 1.29 is 4.39 Å². The van der Waals surface area contributed by atoms with Gasteiger partial charge in [0.25, 0.3) is 0 Å². The molecule has 0 aliphatic carbocycles. The fraction of sp³-hybridized carbons (Fsp3) is 0.0833. The Bertz CT molecular complexity index is 589. The largest absolute Gasteiger partial charge is 0.357 e. The molecule has 2 aromatic rings. The predicted octanol–water partition coefficient (Wildman–Crippen LogP) is 2.20. The summed E-state index contributed by atoms with van der Waals surface area (Å²) in [4.78, 5) is 7.79. The molecule has 0 amide bonds. The summed E-state index contributed by atoms with van der Waals surface area (Å²) in [7, 11) is 1.66. The lowest BCUT2D eigenvalue weighted by molar-refractivity contribution is 0.619. The fourth-order valence-electron chi connectivity index (χ4n) is 1.43. The molecule has 0 saturated heterocycles. The van der Waals surface area contributed by atoms with Crippen molar-refractivity contribution in [2.24, 2.45) is 0 Å². The van der Waals surface area contributed by atoms with Gasteiger partial charge in [-0.15, -0.1) is 0 Å². The lowest BCUT2D eigenvalue weighted by Crippen LogP contribution is -1.99. The monoisotopic (exact) mass is 228 g/mol. The number of aromatic nitrogens is 2. The molecule has 1 heterocycles. The van der Waals surface area contributed by atoms with Crippen LogP contribution in [0.1, 0.15) is 5.56 Å². The standard InChI is InChI=1S/C12H9FN4/c1-15-12-16-7-10(13)11(17-12)9-4-2-3-8(5-9)6-14/h2-5,7H,1H3,(H,15,16,17). The molecule has 0 saturated carbocycles. The number of rotatable bonds is 2. The average Bonchev–Trinajstić information content (AvgIpc) is 2.39. The maximum absolute atomic E-state index is 13.6. The molecule has 0 radical (unpaired) electrons. The van der Waals surface area contributed by atoms with Crippen LogP contribution in [0.2, 0.25) is 0 Å². The van der Waals surface area contributed by atoms with Crippen LogP contribution in [0.3, 0.4) is 0 Å². The molecule has 1 aromatic heterocycles. The zero-order chi connectivity index (χ0) is 12.3. The first-order valence-corrected chi connectivity index (χ1v) is 4.95. The van der Waals surface area contributed by atoms with Crippen LogP contribution in [-0.2, 0) is 0 Å². The Kier molecular flexibility index (Phi) is 2.97. The molecule has 5 heteroatoms. The minimum absolute atomic E-state index is 0.182. The van der Waals surface area contributed by atoms with Gasteiger partial charge in [0.2, 0.25) is 5.95 Å². The van der Waals surface area contributed by atoms with E-state index in [4.69, 9.17) is 5.26 Å². The van der Waals surface area contributed by atoms with Gasteiger partial charge in [0.05, 0.1) is 17.8 Å². The minimum Gasteiger partial charge on any atom is -0.357 e. The molecule has 1 N–H and O–H groups in total. The van der Waals surface area contributed by atoms with E-state index in [0.717, 1.165) is 6.20 Å². The number of nitrogens with one attached hydrogen (secondary N) is 1. The number of hydrogen-bond acceptors (Lipinski definition) is 4. The van der Waals surface area contributed by atoms with Crippen LogP contribution < -0.4 is 5.32 Å². The molecular formula is C12H9FN4. The molecule has 0 bridgehead atoms. The first-order chi connectivity index (χ1) is 8.24. The minimum atomic E-state index is -0.515. The summed E-state index contributed by atoms with van der Waals surface area (Å²) >= 11 is 0. The van der Waals surface area contributed by atoms with Crippen molar-refractivity contribution >= 4 is 5.95 Å². The van der Waals surface area contributed by atoms with E-state index in [1.165, 1.54) is 0 Å². The summed E-state index contributed by atoms with van der Waals surface area (Å²) in [6, 6.07) is 8.64. The molecule has 0 spiro atoms. The van der Waals surface area contributed by atoms with Gasteiger partial charge in [-0.25, -0.2) is 14.4 Å².